The van der Waals surface area contributed by atoms with E-state index in [4.69, 9.17) is 26.1 Å². The first-order valence-electron chi connectivity index (χ1n) is 10.1. The Morgan fingerprint density at radius 2 is 2.23 bits per heavy atom. The number of thioether (sulfide) groups is 1. The molecule has 1 atom stereocenters. The van der Waals surface area contributed by atoms with E-state index in [1.54, 1.807) is 43.6 Å². The summed E-state index contributed by atoms with van der Waals surface area (Å²) in [6.07, 6.45) is 2.88. The van der Waals surface area contributed by atoms with Gasteiger partial charge in [-0.2, -0.15) is 0 Å². The number of carbonyl (C=O) groups is 1. The lowest BCUT2D eigenvalue weighted by Gasteiger charge is -2.18. The van der Waals surface area contributed by atoms with Crippen molar-refractivity contribution in [3.63, 3.8) is 0 Å². The Hall–Kier alpha value is -2.03. The van der Waals surface area contributed by atoms with Crippen LogP contribution in [-0.2, 0) is 22.4 Å². The second-order valence-corrected chi connectivity index (χ2v) is 9.94. The molecule has 0 radical (unpaired) electrons. The smallest absolute Gasteiger partial charge is 0.316 e. The minimum absolute atomic E-state index is 0.0524. The summed E-state index contributed by atoms with van der Waals surface area (Å²) < 4.78 is 12.1. The van der Waals surface area contributed by atoms with Crippen molar-refractivity contribution in [3.8, 4) is 11.4 Å². The van der Waals surface area contributed by atoms with Crippen LogP contribution < -0.4 is 10.3 Å². The van der Waals surface area contributed by atoms with Gasteiger partial charge in [-0.3, -0.25) is 14.2 Å². The number of carbonyl (C=O) groups excluding carboxylic acids is 1. The first kappa shape index (κ1) is 22.2. The van der Waals surface area contributed by atoms with Crippen molar-refractivity contribution in [2.75, 3.05) is 19.5 Å². The highest BCUT2D eigenvalue weighted by Gasteiger charge is 2.26. The van der Waals surface area contributed by atoms with Crippen LogP contribution in [0.1, 0.15) is 30.7 Å². The lowest BCUT2D eigenvalue weighted by Crippen LogP contribution is -2.23. The van der Waals surface area contributed by atoms with E-state index >= 15 is 0 Å². The third-order valence-electron chi connectivity index (χ3n) is 5.30. The molecule has 1 unspecified atom stereocenters. The summed E-state index contributed by atoms with van der Waals surface area (Å²) in [5, 5.41) is 1.55. The SMILES string of the molecule is CCOC(=O)CSc1nc2sc3c(c2c(=O)n1-c1cc(Cl)ccc1OC)CCC(C)C3. The zero-order chi connectivity index (χ0) is 22.1. The van der Waals surface area contributed by atoms with Gasteiger partial charge in [-0.15, -0.1) is 11.3 Å². The van der Waals surface area contributed by atoms with Crippen LogP contribution in [0.4, 0.5) is 0 Å². The third-order valence-corrected chi connectivity index (χ3v) is 7.60. The van der Waals surface area contributed by atoms with Crippen molar-refractivity contribution in [1.29, 1.82) is 0 Å². The van der Waals surface area contributed by atoms with Gasteiger partial charge in [0, 0.05) is 9.90 Å². The maximum Gasteiger partial charge on any atom is 0.316 e. The number of aryl methyl sites for hydroxylation is 1. The summed E-state index contributed by atoms with van der Waals surface area (Å²) in [5.41, 5.74) is 1.45. The molecule has 3 aromatic rings. The van der Waals surface area contributed by atoms with Gasteiger partial charge in [0.05, 0.1) is 30.5 Å². The molecule has 0 bridgehead atoms. The van der Waals surface area contributed by atoms with Crippen LogP contribution in [0.25, 0.3) is 15.9 Å². The van der Waals surface area contributed by atoms with Gasteiger partial charge >= 0.3 is 5.97 Å². The molecule has 4 rings (SSSR count). The quantitative estimate of drug-likeness (QED) is 0.285. The Morgan fingerprint density at radius 1 is 1.42 bits per heavy atom. The fraction of sp³-hybridized carbons (Fsp3) is 0.409. The van der Waals surface area contributed by atoms with Crippen molar-refractivity contribution < 1.29 is 14.3 Å². The number of methoxy groups -OCH3 is 1. The predicted molar refractivity (Wildman–Crippen MR) is 125 cm³/mol. The number of aromatic nitrogens is 2. The fourth-order valence-corrected chi connectivity index (χ4v) is 6.24. The molecule has 1 aliphatic carbocycles. The number of esters is 1. The highest BCUT2D eigenvalue weighted by molar-refractivity contribution is 7.99. The maximum absolute atomic E-state index is 13.8. The fourth-order valence-electron chi connectivity index (χ4n) is 3.84. The van der Waals surface area contributed by atoms with E-state index in [1.165, 1.54) is 21.2 Å². The highest BCUT2D eigenvalue weighted by Crippen LogP contribution is 2.38. The second-order valence-electron chi connectivity index (χ2n) is 7.48. The molecule has 9 heteroatoms. The van der Waals surface area contributed by atoms with Gasteiger partial charge in [0.1, 0.15) is 10.6 Å². The predicted octanol–water partition coefficient (Wildman–Crippen LogP) is 4.89. The number of halogens is 1. The molecule has 0 amide bonds. The summed E-state index contributed by atoms with van der Waals surface area (Å²) in [6, 6.07) is 5.11. The van der Waals surface area contributed by atoms with Gasteiger partial charge in [-0.1, -0.05) is 30.3 Å². The van der Waals surface area contributed by atoms with Crippen molar-refractivity contribution in [2.24, 2.45) is 5.92 Å². The molecule has 0 saturated carbocycles. The van der Waals surface area contributed by atoms with Crippen LogP contribution in [-0.4, -0.2) is 35.0 Å². The lowest BCUT2D eigenvalue weighted by molar-refractivity contribution is -0.139. The standard InChI is InChI=1S/C22H23ClN2O4S2/c1-4-29-18(26)11-30-22-24-20-19(14-7-5-12(2)9-17(14)31-20)21(27)25(22)15-10-13(23)6-8-16(15)28-3/h6,8,10,12H,4-5,7,9,11H2,1-3H3. The van der Waals surface area contributed by atoms with E-state index in [0.717, 1.165) is 24.8 Å². The van der Waals surface area contributed by atoms with Crippen LogP contribution in [0.2, 0.25) is 5.02 Å². The number of ether oxygens (including phenoxy) is 2. The summed E-state index contributed by atoms with van der Waals surface area (Å²) >= 11 is 9.01. The number of thiophene rings is 1. The first-order valence-corrected chi connectivity index (χ1v) is 12.3. The Bertz CT molecular complexity index is 1200. The van der Waals surface area contributed by atoms with Gasteiger partial charge in [0.15, 0.2) is 5.16 Å². The van der Waals surface area contributed by atoms with Crippen LogP contribution in [0, 0.1) is 5.92 Å². The topological polar surface area (TPSA) is 70.4 Å². The first-order chi connectivity index (χ1) is 14.9. The van der Waals surface area contributed by atoms with Gasteiger partial charge in [-0.05, 0) is 55.9 Å². The Labute approximate surface area is 193 Å². The molecular formula is C22H23ClN2O4S2. The maximum atomic E-state index is 13.8. The second kappa shape index (κ2) is 9.22. The van der Waals surface area contributed by atoms with E-state index in [9.17, 15) is 9.59 Å². The molecule has 2 heterocycles. The minimum Gasteiger partial charge on any atom is -0.495 e. The largest absolute Gasteiger partial charge is 0.495 e. The summed E-state index contributed by atoms with van der Waals surface area (Å²) in [7, 11) is 1.54. The van der Waals surface area contributed by atoms with Crippen LogP contribution in [0.3, 0.4) is 0 Å². The molecule has 0 saturated heterocycles. The normalized spacial score (nSPS) is 15.7. The Balaban J connectivity index is 1.94. The Morgan fingerprint density at radius 3 is 2.97 bits per heavy atom. The average molecular weight is 479 g/mol. The zero-order valence-electron chi connectivity index (χ0n) is 17.6. The third kappa shape index (κ3) is 4.33. The van der Waals surface area contributed by atoms with E-state index in [-0.39, 0.29) is 17.3 Å². The Kier molecular flexibility index (Phi) is 6.60. The van der Waals surface area contributed by atoms with Crippen LogP contribution in [0.15, 0.2) is 28.2 Å². The van der Waals surface area contributed by atoms with Crippen molar-refractivity contribution in [1.82, 2.24) is 9.55 Å². The van der Waals surface area contributed by atoms with E-state index < -0.39 is 0 Å². The molecule has 0 N–H and O–H groups in total. The molecule has 1 aromatic carbocycles. The number of hydrogen-bond donors (Lipinski definition) is 0. The summed E-state index contributed by atoms with van der Waals surface area (Å²) in [6.45, 7) is 4.30. The number of benzene rings is 1. The molecular weight excluding hydrogens is 456 g/mol. The van der Waals surface area contributed by atoms with Crippen molar-refractivity contribution in [2.45, 2.75) is 38.3 Å². The van der Waals surface area contributed by atoms with Gasteiger partial charge < -0.3 is 9.47 Å². The molecule has 0 aliphatic heterocycles. The monoisotopic (exact) mass is 478 g/mol. The minimum atomic E-state index is -0.356. The van der Waals surface area contributed by atoms with Gasteiger partial charge in [-0.25, -0.2) is 4.98 Å². The van der Waals surface area contributed by atoms with Gasteiger partial charge in [0.25, 0.3) is 5.56 Å². The van der Waals surface area contributed by atoms with Crippen molar-refractivity contribution in [3.05, 3.63) is 44.0 Å². The summed E-state index contributed by atoms with van der Waals surface area (Å²) in [5.74, 6) is 0.791. The van der Waals surface area contributed by atoms with Crippen LogP contribution in [0.5, 0.6) is 5.75 Å². The summed E-state index contributed by atoms with van der Waals surface area (Å²) in [4.78, 5) is 32.6. The number of fused-ring (bicyclic) bond motifs is 3. The van der Waals surface area contributed by atoms with E-state index in [1.807, 2.05) is 0 Å². The zero-order valence-corrected chi connectivity index (χ0v) is 20.0. The highest BCUT2D eigenvalue weighted by atomic mass is 35.5. The number of rotatable bonds is 6. The van der Waals surface area contributed by atoms with E-state index in [0.29, 0.717) is 44.4 Å². The number of nitrogens with zero attached hydrogens (tertiary/aromatic N) is 2. The van der Waals surface area contributed by atoms with Gasteiger partial charge in [0.2, 0.25) is 0 Å². The molecule has 164 valence electrons. The lowest BCUT2D eigenvalue weighted by atomic mass is 9.89. The van der Waals surface area contributed by atoms with Crippen molar-refractivity contribution >= 4 is 50.9 Å². The average Bonchev–Trinajstić information content (AvgIpc) is 3.10. The molecule has 31 heavy (non-hydrogen) atoms. The molecule has 0 fully saturated rings. The van der Waals surface area contributed by atoms with Crippen LogP contribution >= 0.6 is 34.7 Å². The molecule has 0 spiro atoms. The number of hydrogen-bond acceptors (Lipinski definition) is 7. The van der Waals surface area contributed by atoms with E-state index in [2.05, 4.69) is 6.92 Å². The molecule has 1 aliphatic rings. The molecule has 2 aromatic heterocycles. The molecule has 6 nitrogen and oxygen atoms in total.